The summed E-state index contributed by atoms with van der Waals surface area (Å²) >= 11 is 12.1. The Morgan fingerprint density at radius 2 is 1.55 bits per heavy atom. The van der Waals surface area contributed by atoms with Crippen molar-refractivity contribution in [2.24, 2.45) is 0 Å². The molecule has 0 saturated heterocycles. The lowest BCUT2D eigenvalue weighted by Gasteiger charge is -2.16. The third-order valence-corrected chi connectivity index (χ3v) is 5.49. The van der Waals surface area contributed by atoms with Gasteiger partial charge >= 0.3 is 0 Å². The van der Waals surface area contributed by atoms with E-state index in [1.54, 1.807) is 60.7 Å². The van der Waals surface area contributed by atoms with Crippen molar-refractivity contribution < 1.29 is 14.3 Å². The van der Waals surface area contributed by atoms with Crippen LogP contribution in [0.25, 0.3) is 5.57 Å². The Labute approximate surface area is 189 Å². The Morgan fingerprint density at radius 1 is 0.871 bits per heavy atom. The Bertz CT molecular complexity index is 1220. The van der Waals surface area contributed by atoms with E-state index in [1.165, 1.54) is 7.11 Å². The lowest BCUT2D eigenvalue weighted by molar-refractivity contribution is -0.120. The first-order valence-corrected chi connectivity index (χ1v) is 10.2. The highest BCUT2D eigenvalue weighted by molar-refractivity contribution is 6.46. The monoisotopic (exact) mass is 452 g/mol. The number of benzene rings is 3. The quantitative estimate of drug-likeness (QED) is 0.503. The first kappa shape index (κ1) is 21.0. The number of rotatable bonds is 5. The molecule has 3 aromatic carbocycles. The molecule has 0 spiro atoms. The standard InChI is InChI=1S/C24H18Cl2N2O3/c1-14-7-8-16(26)13-19(14)27-22-21(18-5-3-4-6-20(18)31-2)23(29)28(24(22)30)17-11-9-15(25)10-12-17/h3-13,27H,1-2H3. The number of amides is 2. The van der Waals surface area contributed by atoms with Crippen LogP contribution in [0.2, 0.25) is 10.0 Å². The Morgan fingerprint density at radius 3 is 2.26 bits per heavy atom. The Hall–Kier alpha value is -3.28. The number of imide groups is 1. The highest BCUT2D eigenvalue weighted by Crippen LogP contribution is 2.38. The fourth-order valence-electron chi connectivity index (χ4n) is 3.43. The molecule has 2 amide bonds. The zero-order valence-electron chi connectivity index (χ0n) is 16.8. The fourth-order valence-corrected chi connectivity index (χ4v) is 3.73. The summed E-state index contributed by atoms with van der Waals surface area (Å²) in [6.07, 6.45) is 0. The number of methoxy groups -OCH3 is 1. The molecule has 1 heterocycles. The van der Waals surface area contributed by atoms with Gasteiger partial charge in [-0.15, -0.1) is 0 Å². The van der Waals surface area contributed by atoms with Gasteiger partial charge in [-0.3, -0.25) is 9.59 Å². The van der Waals surface area contributed by atoms with Gasteiger partial charge in [0.05, 0.1) is 18.4 Å². The lowest BCUT2D eigenvalue weighted by Crippen LogP contribution is -2.32. The topological polar surface area (TPSA) is 58.6 Å². The van der Waals surface area contributed by atoms with Crippen LogP contribution in [-0.4, -0.2) is 18.9 Å². The van der Waals surface area contributed by atoms with E-state index in [-0.39, 0.29) is 11.3 Å². The summed E-state index contributed by atoms with van der Waals surface area (Å²) in [5.41, 5.74) is 2.82. The molecular weight excluding hydrogens is 435 g/mol. The highest BCUT2D eigenvalue weighted by Gasteiger charge is 2.41. The second kappa shape index (κ2) is 8.46. The SMILES string of the molecule is COc1ccccc1C1=C(Nc2cc(Cl)ccc2C)C(=O)N(c2ccc(Cl)cc2)C1=O. The summed E-state index contributed by atoms with van der Waals surface area (Å²) in [7, 11) is 1.52. The summed E-state index contributed by atoms with van der Waals surface area (Å²) in [5, 5.41) is 4.16. The summed E-state index contributed by atoms with van der Waals surface area (Å²) in [6, 6.07) is 18.9. The molecule has 4 rings (SSSR count). The van der Waals surface area contributed by atoms with E-state index in [1.807, 2.05) is 13.0 Å². The average molecular weight is 453 g/mol. The van der Waals surface area contributed by atoms with Crippen LogP contribution in [0.15, 0.2) is 72.4 Å². The second-order valence-electron chi connectivity index (χ2n) is 6.96. The third-order valence-electron chi connectivity index (χ3n) is 5.00. The molecule has 5 nitrogen and oxygen atoms in total. The van der Waals surface area contributed by atoms with E-state index < -0.39 is 11.8 Å². The maximum Gasteiger partial charge on any atom is 0.282 e. The zero-order chi connectivity index (χ0) is 22.1. The number of hydrogen-bond donors (Lipinski definition) is 1. The van der Waals surface area contributed by atoms with E-state index in [9.17, 15) is 9.59 Å². The van der Waals surface area contributed by atoms with Crippen LogP contribution < -0.4 is 15.0 Å². The zero-order valence-corrected chi connectivity index (χ0v) is 18.3. The minimum atomic E-state index is -0.479. The van der Waals surface area contributed by atoms with Crippen molar-refractivity contribution >= 4 is 52.0 Å². The van der Waals surface area contributed by atoms with Crippen molar-refractivity contribution in [1.82, 2.24) is 0 Å². The first-order chi connectivity index (χ1) is 14.9. The first-order valence-electron chi connectivity index (χ1n) is 9.46. The number of nitrogens with zero attached hydrogens (tertiary/aromatic N) is 1. The van der Waals surface area contributed by atoms with E-state index in [0.29, 0.717) is 32.7 Å². The Kier molecular flexibility index (Phi) is 5.72. The fraction of sp³-hybridized carbons (Fsp3) is 0.0833. The minimum Gasteiger partial charge on any atom is -0.496 e. The predicted octanol–water partition coefficient (Wildman–Crippen LogP) is 5.71. The summed E-state index contributed by atoms with van der Waals surface area (Å²) in [5.74, 6) is -0.453. The van der Waals surface area contributed by atoms with Gasteiger partial charge < -0.3 is 10.1 Å². The second-order valence-corrected chi connectivity index (χ2v) is 7.83. The number of nitrogens with one attached hydrogen (secondary N) is 1. The van der Waals surface area contributed by atoms with Crippen molar-refractivity contribution in [3.05, 3.63) is 93.6 Å². The van der Waals surface area contributed by atoms with Crippen LogP contribution in [-0.2, 0) is 9.59 Å². The van der Waals surface area contributed by atoms with Crippen LogP contribution in [0.1, 0.15) is 11.1 Å². The van der Waals surface area contributed by atoms with E-state index in [2.05, 4.69) is 5.32 Å². The summed E-state index contributed by atoms with van der Waals surface area (Å²) < 4.78 is 5.46. The number of carbonyl (C=O) groups excluding carboxylic acids is 2. The smallest absolute Gasteiger partial charge is 0.282 e. The van der Waals surface area contributed by atoms with Crippen LogP contribution in [0.5, 0.6) is 5.75 Å². The predicted molar refractivity (Wildman–Crippen MR) is 124 cm³/mol. The number of carbonyl (C=O) groups is 2. The molecule has 0 atom stereocenters. The molecule has 1 N–H and O–H groups in total. The molecule has 7 heteroatoms. The molecule has 0 unspecified atom stereocenters. The number of para-hydroxylation sites is 1. The lowest BCUT2D eigenvalue weighted by atomic mass is 10.0. The Balaban J connectivity index is 1.88. The molecule has 0 fully saturated rings. The normalized spacial score (nSPS) is 13.7. The third kappa shape index (κ3) is 3.90. The molecule has 156 valence electrons. The van der Waals surface area contributed by atoms with Crippen LogP contribution >= 0.6 is 23.2 Å². The van der Waals surface area contributed by atoms with Gasteiger partial charge in [0.25, 0.3) is 11.8 Å². The van der Waals surface area contributed by atoms with Crippen molar-refractivity contribution in [1.29, 1.82) is 0 Å². The van der Waals surface area contributed by atoms with Gasteiger partial charge in [0.1, 0.15) is 11.4 Å². The van der Waals surface area contributed by atoms with Gasteiger partial charge in [-0.2, -0.15) is 0 Å². The molecule has 31 heavy (non-hydrogen) atoms. The average Bonchev–Trinajstić information content (AvgIpc) is 3.01. The highest BCUT2D eigenvalue weighted by atomic mass is 35.5. The molecule has 0 saturated carbocycles. The van der Waals surface area contributed by atoms with Crippen LogP contribution in [0.4, 0.5) is 11.4 Å². The maximum absolute atomic E-state index is 13.5. The number of halogens is 2. The van der Waals surface area contributed by atoms with Crippen LogP contribution in [0, 0.1) is 6.92 Å². The van der Waals surface area contributed by atoms with Crippen molar-refractivity contribution in [3.8, 4) is 5.75 Å². The van der Waals surface area contributed by atoms with Gasteiger partial charge in [0.2, 0.25) is 0 Å². The maximum atomic E-state index is 13.5. The van der Waals surface area contributed by atoms with Gasteiger partial charge in [-0.25, -0.2) is 4.90 Å². The molecule has 1 aliphatic rings. The molecule has 1 aliphatic heterocycles. The number of aryl methyl sites for hydroxylation is 1. The van der Waals surface area contributed by atoms with Crippen molar-refractivity contribution in [3.63, 3.8) is 0 Å². The summed E-state index contributed by atoms with van der Waals surface area (Å²) in [4.78, 5) is 28.1. The van der Waals surface area contributed by atoms with Gasteiger partial charge in [-0.05, 0) is 55.0 Å². The molecule has 0 aromatic heterocycles. The largest absolute Gasteiger partial charge is 0.496 e. The van der Waals surface area contributed by atoms with E-state index in [4.69, 9.17) is 27.9 Å². The van der Waals surface area contributed by atoms with Crippen molar-refractivity contribution in [2.75, 3.05) is 17.3 Å². The van der Waals surface area contributed by atoms with Gasteiger partial charge in [0.15, 0.2) is 0 Å². The number of ether oxygens (including phenoxy) is 1. The molecule has 0 aliphatic carbocycles. The minimum absolute atomic E-state index is 0.148. The molecule has 3 aromatic rings. The van der Waals surface area contributed by atoms with E-state index >= 15 is 0 Å². The van der Waals surface area contributed by atoms with Crippen LogP contribution in [0.3, 0.4) is 0 Å². The van der Waals surface area contributed by atoms with Gasteiger partial charge in [-0.1, -0.05) is 47.5 Å². The molecule has 0 radical (unpaired) electrons. The molecule has 0 bridgehead atoms. The number of hydrogen-bond acceptors (Lipinski definition) is 4. The number of anilines is 2. The van der Waals surface area contributed by atoms with Gasteiger partial charge in [0, 0.05) is 21.3 Å². The van der Waals surface area contributed by atoms with Crippen molar-refractivity contribution in [2.45, 2.75) is 6.92 Å². The van der Waals surface area contributed by atoms with E-state index in [0.717, 1.165) is 10.5 Å². The molecular formula is C24H18Cl2N2O3. The summed E-state index contributed by atoms with van der Waals surface area (Å²) in [6.45, 7) is 1.89.